The minimum Gasteiger partial charge on any atom is -0.338 e. The van der Waals surface area contributed by atoms with Crippen LogP contribution in [0.1, 0.15) is 31.2 Å². The molecule has 0 atom stereocenters. The Hall–Kier alpha value is -2.36. The molecule has 1 saturated carbocycles. The first-order valence-corrected chi connectivity index (χ1v) is 8.73. The van der Waals surface area contributed by atoms with Crippen molar-refractivity contribution in [3.05, 3.63) is 70.6 Å². The fourth-order valence-corrected chi connectivity index (χ4v) is 3.45. The number of aromatic nitrogens is 1. The molecule has 4 nitrogen and oxygen atoms in total. The van der Waals surface area contributed by atoms with E-state index in [-0.39, 0.29) is 18.0 Å². The van der Waals surface area contributed by atoms with E-state index < -0.39 is 0 Å². The topological polar surface area (TPSA) is 42.3 Å². The summed E-state index contributed by atoms with van der Waals surface area (Å²) in [6.07, 6.45) is 7.06. The van der Waals surface area contributed by atoms with Crippen molar-refractivity contribution in [3.63, 3.8) is 0 Å². The predicted molar refractivity (Wildman–Crippen MR) is 94.8 cm³/mol. The summed E-state index contributed by atoms with van der Waals surface area (Å²) >= 11 is 0. The molecule has 0 N–H and O–H groups in total. The summed E-state index contributed by atoms with van der Waals surface area (Å²) < 4.78 is 1.49. The van der Waals surface area contributed by atoms with E-state index in [1.165, 1.54) is 29.0 Å². The number of carbonyl (C=O) groups excluding carboxylic acids is 1. The Morgan fingerprint density at radius 2 is 1.75 bits per heavy atom. The van der Waals surface area contributed by atoms with E-state index in [0.29, 0.717) is 6.04 Å². The number of amides is 1. The summed E-state index contributed by atoms with van der Waals surface area (Å²) in [5.74, 6) is 0.0473. The van der Waals surface area contributed by atoms with Gasteiger partial charge >= 0.3 is 0 Å². The van der Waals surface area contributed by atoms with Crippen LogP contribution >= 0.6 is 0 Å². The number of rotatable bonds is 6. The van der Waals surface area contributed by atoms with Crippen LogP contribution in [0, 0.1) is 0 Å². The summed E-state index contributed by atoms with van der Waals surface area (Å²) in [5, 5.41) is 0. The van der Waals surface area contributed by atoms with Gasteiger partial charge in [-0.2, -0.15) is 0 Å². The van der Waals surface area contributed by atoms with E-state index in [9.17, 15) is 9.59 Å². The van der Waals surface area contributed by atoms with Gasteiger partial charge in [0.2, 0.25) is 5.91 Å². The Bertz CT molecular complexity index is 718. The van der Waals surface area contributed by atoms with Crippen molar-refractivity contribution >= 4 is 5.91 Å². The highest BCUT2D eigenvalue weighted by molar-refractivity contribution is 5.76. The van der Waals surface area contributed by atoms with Crippen LogP contribution in [0.4, 0.5) is 0 Å². The van der Waals surface area contributed by atoms with Crippen LogP contribution in [0.25, 0.3) is 0 Å². The molecule has 3 rings (SSSR count). The van der Waals surface area contributed by atoms with Crippen LogP contribution in [-0.4, -0.2) is 28.0 Å². The zero-order valence-electron chi connectivity index (χ0n) is 13.9. The first kappa shape index (κ1) is 16.5. The monoisotopic (exact) mass is 324 g/mol. The lowest BCUT2D eigenvalue weighted by Crippen LogP contribution is -2.43. The molecule has 0 unspecified atom stereocenters. The van der Waals surface area contributed by atoms with E-state index in [1.54, 1.807) is 18.3 Å². The molecule has 1 heterocycles. The Labute approximate surface area is 142 Å². The van der Waals surface area contributed by atoms with Gasteiger partial charge in [0.25, 0.3) is 5.56 Å². The summed E-state index contributed by atoms with van der Waals surface area (Å²) in [6.45, 7) is 0.847. The SMILES string of the molecule is O=C(Cn1ccccc1=O)N(CCc1ccccc1)C1CCCC1. The van der Waals surface area contributed by atoms with E-state index >= 15 is 0 Å². The Morgan fingerprint density at radius 1 is 1.04 bits per heavy atom. The first-order chi connectivity index (χ1) is 11.7. The molecule has 24 heavy (non-hydrogen) atoms. The highest BCUT2D eigenvalue weighted by Gasteiger charge is 2.26. The van der Waals surface area contributed by atoms with Crippen molar-refractivity contribution in [2.75, 3.05) is 6.54 Å². The number of hydrogen-bond donors (Lipinski definition) is 0. The first-order valence-electron chi connectivity index (χ1n) is 8.73. The van der Waals surface area contributed by atoms with Gasteiger partial charge in [0.1, 0.15) is 6.54 Å². The Morgan fingerprint density at radius 3 is 2.46 bits per heavy atom. The van der Waals surface area contributed by atoms with Crippen molar-refractivity contribution in [1.29, 1.82) is 0 Å². The third-order valence-electron chi connectivity index (χ3n) is 4.77. The standard InChI is InChI=1S/C20H24N2O2/c23-19-12-6-7-14-21(19)16-20(24)22(18-10-4-5-11-18)15-13-17-8-2-1-3-9-17/h1-3,6-9,12,14,18H,4-5,10-11,13,15-16H2. The van der Waals surface area contributed by atoms with Gasteiger partial charge in [0.15, 0.2) is 0 Å². The van der Waals surface area contributed by atoms with Crippen LogP contribution in [-0.2, 0) is 17.8 Å². The maximum atomic E-state index is 12.8. The predicted octanol–water partition coefficient (Wildman–Crippen LogP) is 2.86. The quantitative estimate of drug-likeness (QED) is 0.820. The molecule has 1 amide bonds. The van der Waals surface area contributed by atoms with Gasteiger partial charge < -0.3 is 9.47 Å². The van der Waals surface area contributed by atoms with E-state index in [2.05, 4.69) is 12.1 Å². The van der Waals surface area contributed by atoms with E-state index in [0.717, 1.165) is 25.8 Å². The van der Waals surface area contributed by atoms with Crippen molar-refractivity contribution in [3.8, 4) is 0 Å². The smallest absolute Gasteiger partial charge is 0.250 e. The molecule has 0 radical (unpaired) electrons. The minimum absolute atomic E-state index is 0.0473. The van der Waals surface area contributed by atoms with Crippen LogP contribution in [0.15, 0.2) is 59.5 Å². The Balaban J connectivity index is 1.70. The van der Waals surface area contributed by atoms with Gasteiger partial charge in [-0.05, 0) is 30.9 Å². The summed E-state index contributed by atoms with van der Waals surface area (Å²) in [4.78, 5) is 26.7. The number of benzene rings is 1. The second kappa shape index (κ2) is 7.95. The van der Waals surface area contributed by atoms with E-state index in [4.69, 9.17) is 0 Å². The normalized spacial score (nSPS) is 14.7. The molecule has 2 aromatic rings. The second-order valence-electron chi connectivity index (χ2n) is 6.43. The zero-order chi connectivity index (χ0) is 16.8. The number of pyridine rings is 1. The average Bonchev–Trinajstić information content (AvgIpc) is 3.12. The second-order valence-corrected chi connectivity index (χ2v) is 6.43. The molecule has 1 fully saturated rings. The lowest BCUT2D eigenvalue weighted by molar-refractivity contribution is -0.134. The fourth-order valence-electron chi connectivity index (χ4n) is 3.45. The van der Waals surface area contributed by atoms with Gasteiger partial charge in [0.05, 0.1) is 0 Å². The molecule has 0 aliphatic heterocycles. The number of carbonyl (C=O) groups is 1. The molecule has 126 valence electrons. The maximum Gasteiger partial charge on any atom is 0.250 e. The lowest BCUT2D eigenvalue weighted by Gasteiger charge is -2.29. The molecular formula is C20H24N2O2. The maximum absolute atomic E-state index is 12.8. The van der Waals surface area contributed by atoms with Crippen LogP contribution < -0.4 is 5.56 Å². The number of hydrogen-bond acceptors (Lipinski definition) is 2. The average molecular weight is 324 g/mol. The van der Waals surface area contributed by atoms with Crippen LogP contribution in [0.5, 0.6) is 0 Å². The van der Waals surface area contributed by atoms with Gasteiger partial charge in [-0.15, -0.1) is 0 Å². The number of nitrogens with zero attached hydrogens (tertiary/aromatic N) is 2. The molecule has 0 saturated heterocycles. The summed E-state index contributed by atoms with van der Waals surface area (Å²) in [5.41, 5.74) is 1.12. The molecule has 0 bridgehead atoms. The highest BCUT2D eigenvalue weighted by atomic mass is 16.2. The lowest BCUT2D eigenvalue weighted by atomic mass is 10.1. The van der Waals surface area contributed by atoms with Crippen molar-refractivity contribution in [2.45, 2.75) is 44.7 Å². The van der Waals surface area contributed by atoms with Crippen LogP contribution in [0.3, 0.4) is 0 Å². The van der Waals surface area contributed by atoms with Crippen molar-refractivity contribution in [1.82, 2.24) is 9.47 Å². The zero-order valence-corrected chi connectivity index (χ0v) is 13.9. The van der Waals surface area contributed by atoms with Gasteiger partial charge in [-0.1, -0.05) is 49.2 Å². The summed E-state index contributed by atoms with van der Waals surface area (Å²) in [7, 11) is 0. The van der Waals surface area contributed by atoms with Gasteiger partial charge in [-0.25, -0.2) is 0 Å². The third-order valence-corrected chi connectivity index (χ3v) is 4.77. The molecule has 1 aromatic heterocycles. The fraction of sp³-hybridized carbons (Fsp3) is 0.400. The van der Waals surface area contributed by atoms with Gasteiger partial charge in [-0.3, -0.25) is 9.59 Å². The van der Waals surface area contributed by atoms with Gasteiger partial charge in [0, 0.05) is 24.8 Å². The summed E-state index contributed by atoms with van der Waals surface area (Å²) in [6, 6.07) is 15.6. The Kier molecular flexibility index (Phi) is 5.47. The largest absolute Gasteiger partial charge is 0.338 e. The minimum atomic E-state index is -0.125. The van der Waals surface area contributed by atoms with Crippen molar-refractivity contribution < 1.29 is 4.79 Å². The molecule has 1 aliphatic rings. The molecule has 4 heteroatoms. The molecular weight excluding hydrogens is 300 g/mol. The van der Waals surface area contributed by atoms with E-state index in [1.807, 2.05) is 23.1 Å². The van der Waals surface area contributed by atoms with Crippen molar-refractivity contribution in [2.24, 2.45) is 0 Å². The highest BCUT2D eigenvalue weighted by Crippen LogP contribution is 2.24. The molecule has 1 aromatic carbocycles. The molecule has 0 spiro atoms. The third kappa shape index (κ3) is 4.13. The molecule has 1 aliphatic carbocycles. The van der Waals surface area contributed by atoms with Crippen LogP contribution in [0.2, 0.25) is 0 Å².